The van der Waals surface area contributed by atoms with Crippen molar-refractivity contribution in [1.82, 2.24) is 15.2 Å². The first-order valence-electron chi connectivity index (χ1n) is 8.77. The minimum absolute atomic E-state index is 0.0180. The van der Waals surface area contributed by atoms with Gasteiger partial charge in [-0.05, 0) is 30.5 Å². The molecule has 1 aliphatic rings. The molecule has 0 bridgehead atoms. The largest absolute Gasteiger partial charge is 0.376 e. The predicted octanol–water partition coefficient (Wildman–Crippen LogP) is 3.14. The van der Waals surface area contributed by atoms with E-state index in [4.69, 9.17) is 4.74 Å². The Kier molecular flexibility index (Phi) is 6.01. The summed E-state index contributed by atoms with van der Waals surface area (Å²) in [7, 11) is 0. The molecule has 1 saturated heterocycles. The van der Waals surface area contributed by atoms with Gasteiger partial charge in [0.1, 0.15) is 0 Å². The molecule has 25 heavy (non-hydrogen) atoms. The fourth-order valence-electron chi connectivity index (χ4n) is 3.05. The highest BCUT2D eigenvalue weighted by Crippen LogP contribution is 2.17. The van der Waals surface area contributed by atoms with E-state index in [9.17, 15) is 4.79 Å². The topological polar surface area (TPSA) is 54.5 Å². The van der Waals surface area contributed by atoms with E-state index in [0.717, 1.165) is 30.8 Å². The number of benzene rings is 1. The number of ether oxygens (including phenoxy) is 1. The normalized spacial score (nSPS) is 16.8. The summed E-state index contributed by atoms with van der Waals surface area (Å²) in [5.74, 6) is 0.408. The van der Waals surface area contributed by atoms with Gasteiger partial charge in [-0.25, -0.2) is 4.79 Å². The van der Waals surface area contributed by atoms with Crippen LogP contribution in [0, 0.1) is 12.8 Å². The Hall–Kier alpha value is -2.40. The number of carbonyl (C=O) groups excluding carboxylic acids is 1. The Morgan fingerprint density at radius 3 is 2.92 bits per heavy atom. The van der Waals surface area contributed by atoms with E-state index in [1.54, 1.807) is 6.20 Å². The molecule has 1 aromatic heterocycles. The molecule has 0 saturated carbocycles. The van der Waals surface area contributed by atoms with Crippen LogP contribution < -0.4 is 5.32 Å². The van der Waals surface area contributed by atoms with Crippen molar-refractivity contribution in [2.75, 3.05) is 19.7 Å². The number of aromatic nitrogens is 1. The number of pyridine rings is 1. The Morgan fingerprint density at radius 2 is 2.12 bits per heavy atom. The van der Waals surface area contributed by atoms with Gasteiger partial charge in [0.05, 0.1) is 25.5 Å². The molecule has 1 unspecified atom stereocenters. The summed E-state index contributed by atoms with van der Waals surface area (Å²) in [6.45, 7) is 5.33. The number of likely N-dealkylation sites (tertiary alicyclic amines) is 1. The minimum atomic E-state index is -0.0180. The molecule has 3 rings (SSSR count). The molecule has 1 aliphatic heterocycles. The van der Waals surface area contributed by atoms with Gasteiger partial charge in [0.15, 0.2) is 0 Å². The lowest BCUT2D eigenvalue weighted by Crippen LogP contribution is -2.38. The van der Waals surface area contributed by atoms with Crippen LogP contribution in [0.2, 0.25) is 0 Å². The van der Waals surface area contributed by atoms with E-state index in [1.165, 1.54) is 5.56 Å². The average Bonchev–Trinajstić information content (AvgIpc) is 3.11. The van der Waals surface area contributed by atoms with E-state index in [1.807, 2.05) is 42.2 Å². The van der Waals surface area contributed by atoms with Crippen LogP contribution in [0.4, 0.5) is 4.79 Å². The molecule has 2 amide bonds. The third-order valence-electron chi connectivity index (χ3n) is 4.56. The smallest absolute Gasteiger partial charge is 0.317 e. The third-order valence-corrected chi connectivity index (χ3v) is 4.56. The summed E-state index contributed by atoms with van der Waals surface area (Å²) >= 11 is 0. The zero-order chi connectivity index (χ0) is 17.5. The summed E-state index contributed by atoms with van der Waals surface area (Å²) in [5.41, 5.74) is 3.19. The van der Waals surface area contributed by atoms with E-state index >= 15 is 0 Å². The van der Waals surface area contributed by atoms with Gasteiger partial charge in [0, 0.05) is 25.2 Å². The molecular weight excluding hydrogens is 314 g/mol. The summed E-state index contributed by atoms with van der Waals surface area (Å²) < 4.78 is 5.81. The zero-order valence-electron chi connectivity index (χ0n) is 14.6. The monoisotopic (exact) mass is 339 g/mol. The van der Waals surface area contributed by atoms with Gasteiger partial charge in [-0.2, -0.15) is 0 Å². The molecule has 1 fully saturated rings. The van der Waals surface area contributed by atoms with E-state index < -0.39 is 0 Å². The van der Waals surface area contributed by atoms with Crippen molar-refractivity contribution in [3.05, 3.63) is 65.5 Å². The molecule has 5 heteroatoms. The Bertz CT molecular complexity index is 690. The summed E-state index contributed by atoms with van der Waals surface area (Å²) in [6.07, 6.45) is 2.75. The molecule has 0 radical (unpaired) electrons. The number of amides is 2. The number of hydrogen-bond acceptors (Lipinski definition) is 3. The molecule has 5 nitrogen and oxygen atoms in total. The number of hydrogen-bond donors (Lipinski definition) is 1. The maximum atomic E-state index is 12.3. The van der Waals surface area contributed by atoms with Crippen molar-refractivity contribution in [3.63, 3.8) is 0 Å². The van der Waals surface area contributed by atoms with E-state index in [2.05, 4.69) is 22.4 Å². The number of urea groups is 1. The molecular formula is C20H25N3O2. The first-order valence-corrected chi connectivity index (χ1v) is 8.77. The fourth-order valence-corrected chi connectivity index (χ4v) is 3.05. The third kappa shape index (κ3) is 5.03. The van der Waals surface area contributed by atoms with Gasteiger partial charge in [-0.3, -0.25) is 4.98 Å². The molecule has 1 N–H and O–H groups in total. The Labute approximate surface area is 149 Å². The number of nitrogens with one attached hydrogen (secondary N) is 1. The maximum absolute atomic E-state index is 12.3. The van der Waals surface area contributed by atoms with E-state index in [0.29, 0.717) is 25.7 Å². The summed E-state index contributed by atoms with van der Waals surface area (Å²) in [5, 5.41) is 2.97. The Morgan fingerprint density at radius 1 is 1.28 bits per heavy atom. The maximum Gasteiger partial charge on any atom is 0.317 e. The lowest BCUT2D eigenvalue weighted by molar-refractivity contribution is 0.0897. The van der Waals surface area contributed by atoms with Gasteiger partial charge < -0.3 is 15.0 Å². The number of carbonyl (C=O) groups is 1. The molecule has 2 aromatic rings. The highest BCUT2D eigenvalue weighted by atomic mass is 16.5. The van der Waals surface area contributed by atoms with Gasteiger partial charge in [0.2, 0.25) is 0 Å². The molecule has 132 valence electrons. The van der Waals surface area contributed by atoms with Crippen LogP contribution in [-0.2, 0) is 17.9 Å². The van der Waals surface area contributed by atoms with Crippen LogP contribution >= 0.6 is 0 Å². The first kappa shape index (κ1) is 17.4. The number of nitrogens with zero attached hydrogens (tertiary/aromatic N) is 2. The van der Waals surface area contributed by atoms with Crippen LogP contribution in [-0.4, -0.2) is 35.6 Å². The van der Waals surface area contributed by atoms with Crippen LogP contribution in [0.25, 0.3) is 0 Å². The Balaban J connectivity index is 1.38. The first-order chi connectivity index (χ1) is 12.2. The second-order valence-corrected chi connectivity index (χ2v) is 6.53. The van der Waals surface area contributed by atoms with Crippen molar-refractivity contribution < 1.29 is 9.53 Å². The van der Waals surface area contributed by atoms with Crippen molar-refractivity contribution in [2.45, 2.75) is 26.5 Å². The second kappa shape index (κ2) is 8.62. The lowest BCUT2D eigenvalue weighted by atomic mass is 10.1. The zero-order valence-corrected chi connectivity index (χ0v) is 14.6. The number of aryl methyl sites for hydroxylation is 1. The SMILES string of the molecule is Cc1cccnc1CNC(=O)N1CCC(COCc2ccccc2)C1. The van der Waals surface area contributed by atoms with Crippen LogP contribution in [0.5, 0.6) is 0 Å². The lowest BCUT2D eigenvalue weighted by Gasteiger charge is -2.17. The highest BCUT2D eigenvalue weighted by molar-refractivity contribution is 5.74. The molecule has 0 aliphatic carbocycles. The molecule has 1 atom stereocenters. The molecule has 1 aromatic carbocycles. The summed E-state index contributed by atoms with van der Waals surface area (Å²) in [4.78, 5) is 18.5. The fraction of sp³-hybridized carbons (Fsp3) is 0.400. The van der Waals surface area contributed by atoms with Gasteiger partial charge in [0.25, 0.3) is 0 Å². The molecule has 0 spiro atoms. The van der Waals surface area contributed by atoms with Crippen molar-refractivity contribution >= 4 is 6.03 Å². The van der Waals surface area contributed by atoms with E-state index in [-0.39, 0.29) is 6.03 Å². The van der Waals surface area contributed by atoms with Crippen LogP contribution in [0.1, 0.15) is 23.2 Å². The highest BCUT2D eigenvalue weighted by Gasteiger charge is 2.26. The quantitative estimate of drug-likeness (QED) is 0.880. The van der Waals surface area contributed by atoms with Crippen molar-refractivity contribution in [1.29, 1.82) is 0 Å². The minimum Gasteiger partial charge on any atom is -0.376 e. The summed E-state index contributed by atoms with van der Waals surface area (Å²) in [6, 6.07) is 14.1. The van der Waals surface area contributed by atoms with Crippen LogP contribution in [0.3, 0.4) is 0 Å². The molecule has 2 heterocycles. The van der Waals surface area contributed by atoms with Crippen molar-refractivity contribution in [2.24, 2.45) is 5.92 Å². The predicted molar refractivity (Wildman–Crippen MR) is 97.0 cm³/mol. The second-order valence-electron chi connectivity index (χ2n) is 6.53. The van der Waals surface area contributed by atoms with Crippen molar-refractivity contribution in [3.8, 4) is 0 Å². The standard InChI is InChI=1S/C20H25N3O2/c1-16-6-5-10-21-19(16)12-22-20(24)23-11-9-18(13-23)15-25-14-17-7-3-2-4-8-17/h2-8,10,18H,9,11-15H2,1H3,(H,22,24). The average molecular weight is 339 g/mol. The van der Waals surface area contributed by atoms with Gasteiger partial charge in [-0.15, -0.1) is 0 Å². The number of rotatable bonds is 6. The van der Waals surface area contributed by atoms with Gasteiger partial charge in [-0.1, -0.05) is 36.4 Å². The van der Waals surface area contributed by atoms with Gasteiger partial charge >= 0.3 is 6.03 Å². The van der Waals surface area contributed by atoms with Crippen LogP contribution in [0.15, 0.2) is 48.7 Å².